The van der Waals surface area contributed by atoms with E-state index in [9.17, 15) is 9.59 Å². The van der Waals surface area contributed by atoms with Gasteiger partial charge in [-0.1, -0.05) is 0 Å². The van der Waals surface area contributed by atoms with E-state index in [2.05, 4.69) is 0 Å². The number of urea groups is 1. The maximum absolute atomic E-state index is 11.6. The Morgan fingerprint density at radius 1 is 1.31 bits per heavy atom. The average molecular weight is 184 g/mol. The minimum Gasteiger partial charge on any atom is -0.310 e. The second-order valence-corrected chi connectivity index (χ2v) is 4.18. The predicted molar refractivity (Wildman–Crippen MR) is 49.2 cm³/mol. The zero-order valence-corrected chi connectivity index (χ0v) is 8.63. The van der Waals surface area contributed by atoms with Gasteiger partial charge in [-0.3, -0.25) is 9.69 Å². The van der Waals surface area contributed by atoms with Crippen molar-refractivity contribution in [3.05, 3.63) is 0 Å². The van der Waals surface area contributed by atoms with E-state index in [0.29, 0.717) is 6.54 Å². The summed E-state index contributed by atoms with van der Waals surface area (Å²) < 4.78 is 0. The molecule has 0 saturated carbocycles. The Hall–Kier alpha value is -1.06. The molecule has 3 amide bonds. The van der Waals surface area contributed by atoms with E-state index in [-0.39, 0.29) is 24.0 Å². The third-order valence-corrected chi connectivity index (χ3v) is 2.18. The monoisotopic (exact) mass is 184 g/mol. The van der Waals surface area contributed by atoms with Gasteiger partial charge in [0, 0.05) is 12.1 Å². The first-order valence-electron chi connectivity index (χ1n) is 4.50. The molecule has 0 atom stereocenters. The van der Waals surface area contributed by atoms with Gasteiger partial charge >= 0.3 is 6.03 Å². The van der Waals surface area contributed by atoms with Gasteiger partial charge in [-0.15, -0.1) is 0 Å². The minimum absolute atomic E-state index is 0.0950. The normalized spacial score (nSPS) is 18.8. The first kappa shape index (κ1) is 10.0. The molecule has 1 fully saturated rings. The summed E-state index contributed by atoms with van der Waals surface area (Å²) in [5.41, 5.74) is -0.267. The third-order valence-electron chi connectivity index (χ3n) is 2.18. The van der Waals surface area contributed by atoms with Crippen LogP contribution in [0.2, 0.25) is 0 Å². The van der Waals surface area contributed by atoms with Gasteiger partial charge in [0.2, 0.25) is 5.91 Å². The van der Waals surface area contributed by atoms with Gasteiger partial charge in [0.1, 0.15) is 6.54 Å². The second-order valence-electron chi connectivity index (χ2n) is 4.18. The number of amides is 3. The molecule has 0 aromatic heterocycles. The number of carbonyl (C=O) groups is 2. The molecule has 0 aromatic rings. The maximum atomic E-state index is 11.6. The first-order chi connectivity index (χ1) is 5.88. The van der Waals surface area contributed by atoms with Crippen molar-refractivity contribution in [2.75, 3.05) is 13.1 Å². The van der Waals surface area contributed by atoms with Gasteiger partial charge in [-0.05, 0) is 27.7 Å². The molecule has 4 nitrogen and oxygen atoms in total. The zero-order chi connectivity index (χ0) is 10.2. The topological polar surface area (TPSA) is 40.6 Å². The van der Waals surface area contributed by atoms with Gasteiger partial charge in [0.15, 0.2) is 0 Å². The van der Waals surface area contributed by atoms with E-state index in [0.717, 1.165) is 0 Å². The number of hydrogen-bond acceptors (Lipinski definition) is 2. The molecule has 74 valence electrons. The summed E-state index contributed by atoms with van der Waals surface area (Å²) in [6.45, 7) is 8.27. The van der Waals surface area contributed by atoms with Crippen LogP contribution in [-0.4, -0.2) is 40.4 Å². The van der Waals surface area contributed by atoms with Crippen LogP contribution in [0.4, 0.5) is 4.79 Å². The molecule has 0 radical (unpaired) electrons. The van der Waals surface area contributed by atoms with Crippen LogP contribution < -0.4 is 0 Å². The number of nitrogens with zero attached hydrogens (tertiary/aromatic N) is 2. The van der Waals surface area contributed by atoms with Gasteiger partial charge < -0.3 is 4.90 Å². The Kier molecular flexibility index (Phi) is 2.32. The Bertz CT molecular complexity index is 242. The highest BCUT2D eigenvalue weighted by Crippen LogP contribution is 2.20. The average Bonchev–Trinajstić information content (AvgIpc) is 2.25. The van der Waals surface area contributed by atoms with E-state index in [4.69, 9.17) is 0 Å². The molecule has 13 heavy (non-hydrogen) atoms. The van der Waals surface area contributed by atoms with Crippen LogP contribution in [0, 0.1) is 0 Å². The van der Waals surface area contributed by atoms with Crippen molar-refractivity contribution < 1.29 is 9.59 Å². The van der Waals surface area contributed by atoms with Gasteiger partial charge in [0.05, 0.1) is 0 Å². The Morgan fingerprint density at radius 3 is 2.08 bits per heavy atom. The lowest BCUT2D eigenvalue weighted by Gasteiger charge is -2.30. The first-order valence-corrected chi connectivity index (χ1v) is 4.50. The van der Waals surface area contributed by atoms with Crippen molar-refractivity contribution in [2.45, 2.75) is 33.2 Å². The van der Waals surface area contributed by atoms with E-state index in [1.54, 1.807) is 4.90 Å². The molecular formula is C9H16N2O2. The molecule has 4 heteroatoms. The summed E-state index contributed by atoms with van der Waals surface area (Å²) in [6, 6.07) is -0.167. The SMILES string of the molecule is CCN1C(=O)CN(C(C)(C)C)C1=O. The van der Waals surface area contributed by atoms with Crippen LogP contribution >= 0.6 is 0 Å². The zero-order valence-electron chi connectivity index (χ0n) is 8.63. The number of likely N-dealkylation sites (N-methyl/N-ethyl adjacent to an activating group) is 1. The fourth-order valence-electron chi connectivity index (χ4n) is 1.38. The van der Waals surface area contributed by atoms with Crippen molar-refractivity contribution in [2.24, 2.45) is 0 Å². The standard InChI is InChI=1S/C9H16N2O2/c1-5-10-7(12)6-11(8(10)13)9(2,3)4/h5-6H2,1-4H3. The molecule has 1 aliphatic heterocycles. The lowest BCUT2D eigenvalue weighted by molar-refractivity contribution is -0.125. The van der Waals surface area contributed by atoms with Crippen molar-refractivity contribution in [3.8, 4) is 0 Å². The van der Waals surface area contributed by atoms with Crippen molar-refractivity contribution >= 4 is 11.9 Å². The van der Waals surface area contributed by atoms with Crippen molar-refractivity contribution in [1.82, 2.24) is 9.80 Å². The lowest BCUT2D eigenvalue weighted by Crippen LogP contribution is -2.44. The number of imide groups is 1. The third kappa shape index (κ3) is 1.66. The number of carbonyl (C=O) groups excluding carboxylic acids is 2. The molecule has 0 unspecified atom stereocenters. The lowest BCUT2D eigenvalue weighted by atomic mass is 10.1. The van der Waals surface area contributed by atoms with Crippen LogP contribution in [0.1, 0.15) is 27.7 Å². The highest BCUT2D eigenvalue weighted by atomic mass is 16.2. The molecule has 1 aliphatic rings. The summed E-state index contributed by atoms with van der Waals surface area (Å²) in [7, 11) is 0. The van der Waals surface area contributed by atoms with E-state index < -0.39 is 0 Å². The Morgan fingerprint density at radius 2 is 1.85 bits per heavy atom. The summed E-state index contributed by atoms with van der Waals surface area (Å²) >= 11 is 0. The second kappa shape index (κ2) is 3.01. The van der Waals surface area contributed by atoms with E-state index >= 15 is 0 Å². The molecule has 0 spiro atoms. The van der Waals surface area contributed by atoms with Crippen LogP contribution in [0.3, 0.4) is 0 Å². The molecule has 0 N–H and O–H groups in total. The molecule has 0 aliphatic carbocycles. The molecule has 0 bridgehead atoms. The largest absolute Gasteiger partial charge is 0.327 e. The summed E-state index contributed by atoms with van der Waals surface area (Å²) in [5, 5.41) is 0. The molecule has 1 heterocycles. The quantitative estimate of drug-likeness (QED) is 0.572. The predicted octanol–water partition coefficient (Wildman–Crippen LogP) is 1.07. The van der Waals surface area contributed by atoms with Crippen LogP contribution in [0.5, 0.6) is 0 Å². The molecular weight excluding hydrogens is 168 g/mol. The molecule has 1 rings (SSSR count). The number of hydrogen-bond donors (Lipinski definition) is 0. The van der Waals surface area contributed by atoms with Crippen LogP contribution in [0.15, 0.2) is 0 Å². The fourth-order valence-corrected chi connectivity index (χ4v) is 1.38. The number of rotatable bonds is 1. The van der Waals surface area contributed by atoms with Crippen molar-refractivity contribution in [3.63, 3.8) is 0 Å². The van der Waals surface area contributed by atoms with Crippen LogP contribution in [0.25, 0.3) is 0 Å². The smallest absolute Gasteiger partial charge is 0.310 e. The minimum atomic E-state index is -0.267. The highest BCUT2D eigenvalue weighted by Gasteiger charge is 2.40. The van der Waals surface area contributed by atoms with Crippen LogP contribution in [-0.2, 0) is 4.79 Å². The van der Waals surface area contributed by atoms with E-state index in [1.165, 1.54) is 4.90 Å². The van der Waals surface area contributed by atoms with Gasteiger partial charge in [-0.2, -0.15) is 0 Å². The highest BCUT2D eigenvalue weighted by molar-refractivity contribution is 6.02. The Labute approximate surface area is 78.5 Å². The summed E-state index contributed by atoms with van der Waals surface area (Å²) in [5.74, 6) is -0.0950. The van der Waals surface area contributed by atoms with Gasteiger partial charge in [-0.25, -0.2) is 4.79 Å². The van der Waals surface area contributed by atoms with Gasteiger partial charge in [0.25, 0.3) is 0 Å². The maximum Gasteiger partial charge on any atom is 0.327 e. The molecule has 1 saturated heterocycles. The van der Waals surface area contributed by atoms with E-state index in [1.807, 2.05) is 27.7 Å². The molecule has 0 aromatic carbocycles. The fraction of sp³-hybridized carbons (Fsp3) is 0.778. The summed E-state index contributed by atoms with van der Waals surface area (Å²) in [4.78, 5) is 25.8. The summed E-state index contributed by atoms with van der Waals surface area (Å²) in [6.07, 6.45) is 0. The Balaban J connectivity index is 2.85. The van der Waals surface area contributed by atoms with Crippen molar-refractivity contribution in [1.29, 1.82) is 0 Å².